The number of aromatic amines is 1. The summed E-state index contributed by atoms with van der Waals surface area (Å²) in [6, 6.07) is 4.54. The summed E-state index contributed by atoms with van der Waals surface area (Å²) in [6.07, 6.45) is -0.443. The van der Waals surface area contributed by atoms with Crippen molar-refractivity contribution in [3.05, 3.63) is 40.2 Å². The van der Waals surface area contributed by atoms with Crippen LogP contribution in [0.2, 0.25) is 0 Å². The van der Waals surface area contributed by atoms with Crippen molar-refractivity contribution >= 4 is 47.3 Å². The lowest BCUT2D eigenvalue weighted by atomic mass is 10.0. The Morgan fingerprint density at radius 2 is 1.94 bits per heavy atom. The largest absolute Gasteiger partial charge is 0.481 e. The first-order chi connectivity index (χ1) is 16.6. The van der Waals surface area contributed by atoms with Gasteiger partial charge in [0, 0.05) is 31.4 Å². The summed E-state index contributed by atoms with van der Waals surface area (Å²) in [5.41, 5.74) is 6.42. The molecular weight excluding hydrogens is 462 g/mol. The lowest BCUT2D eigenvalue weighted by molar-refractivity contribution is -0.145. The van der Waals surface area contributed by atoms with Crippen LogP contribution in [0.4, 0.5) is 23.1 Å². The molecule has 0 aliphatic carbocycles. The number of aliphatic carboxylic acids is 2. The zero-order valence-electron chi connectivity index (χ0n) is 18.6. The minimum Gasteiger partial charge on any atom is -0.481 e. The van der Waals surface area contributed by atoms with Crippen LogP contribution in [0.25, 0.3) is 0 Å². The molecule has 0 bridgehead atoms. The third kappa shape index (κ3) is 5.85. The lowest BCUT2D eigenvalue weighted by Gasteiger charge is -2.35. The molecule has 0 saturated carbocycles. The van der Waals surface area contributed by atoms with Crippen LogP contribution in [0, 0.1) is 5.92 Å². The molecule has 1 aromatic carbocycles. The van der Waals surface area contributed by atoms with Crippen molar-refractivity contribution in [1.82, 2.24) is 15.3 Å². The van der Waals surface area contributed by atoms with Crippen LogP contribution >= 0.6 is 0 Å². The van der Waals surface area contributed by atoms with Crippen LogP contribution < -0.4 is 32.1 Å². The number of aromatic nitrogens is 2. The summed E-state index contributed by atoms with van der Waals surface area (Å²) in [5, 5.41) is 26.7. The molecule has 1 aliphatic heterocycles. The number of aldehydes is 1. The highest BCUT2D eigenvalue weighted by Crippen LogP contribution is 2.25. The van der Waals surface area contributed by atoms with Crippen LogP contribution in [-0.4, -0.2) is 76.5 Å². The second kappa shape index (κ2) is 10.5. The Bertz CT molecular complexity index is 1180. The Kier molecular flexibility index (Phi) is 7.53. The van der Waals surface area contributed by atoms with E-state index < -0.39 is 36.2 Å². The van der Waals surface area contributed by atoms with Crippen LogP contribution in [0.5, 0.6) is 0 Å². The molecule has 1 aliphatic rings. The zero-order valence-corrected chi connectivity index (χ0v) is 18.6. The zero-order chi connectivity index (χ0) is 25.7. The van der Waals surface area contributed by atoms with Gasteiger partial charge in [-0.05, 0) is 30.7 Å². The highest BCUT2D eigenvalue weighted by molar-refractivity contribution is 5.97. The highest BCUT2D eigenvalue weighted by Gasteiger charge is 2.29. The number of carboxylic acid groups (broad SMARTS) is 2. The fourth-order valence-electron chi connectivity index (χ4n) is 3.58. The molecule has 35 heavy (non-hydrogen) atoms. The third-order valence-corrected chi connectivity index (χ3v) is 5.58. The second-order valence-corrected chi connectivity index (χ2v) is 7.93. The molecule has 0 spiro atoms. The van der Waals surface area contributed by atoms with Gasteiger partial charge in [-0.15, -0.1) is 0 Å². The van der Waals surface area contributed by atoms with Crippen molar-refractivity contribution in [2.24, 2.45) is 5.92 Å². The van der Waals surface area contributed by atoms with Crippen molar-refractivity contribution in [3.8, 4) is 0 Å². The maximum absolute atomic E-state index is 12.4. The normalized spacial score (nSPS) is 16.3. The van der Waals surface area contributed by atoms with Gasteiger partial charge in [-0.3, -0.25) is 19.4 Å². The maximum Gasteiger partial charge on any atom is 0.326 e. The molecule has 0 fully saturated rings. The Morgan fingerprint density at radius 1 is 1.26 bits per heavy atom. The number of anilines is 4. The van der Waals surface area contributed by atoms with Gasteiger partial charge in [0.2, 0.25) is 5.95 Å². The predicted molar refractivity (Wildman–Crippen MR) is 126 cm³/mol. The van der Waals surface area contributed by atoms with E-state index in [1.165, 1.54) is 12.1 Å². The Labute approximate surface area is 198 Å². The molecule has 186 valence electrons. The number of fused-ring (bicyclic) bond motifs is 1. The van der Waals surface area contributed by atoms with Gasteiger partial charge < -0.3 is 41.6 Å². The first-order valence-electron chi connectivity index (χ1n) is 10.5. The summed E-state index contributed by atoms with van der Waals surface area (Å²) in [4.78, 5) is 66.3. The van der Waals surface area contributed by atoms with Crippen LogP contribution in [0.15, 0.2) is 29.1 Å². The molecule has 14 heteroatoms. The topological polar surface area (TPSA) is 220 Å². The van der Waals surface area contributed by atoms with Gasteiger partial charge in [0.15, 0.2) is 5.82 Å². The van der Waals surface area contributed by atoms with Crippen molar-refractivity contribution in [3.63, 3.8) is 0 Å². The monoisotopic (exact) mass is 487 g/mol. The van der Waals surface area contributed by atoms with E-state index in [-0.39, 0.29) is 29.4 Å². The number of carbonyl (C=O) groups is 4. The summed E-state index contributed by atoms with van der Waals surface area (Å²) in [6.45, 7) is 0.948. The standard InChI is InChI=1S/C21H25N7O7/c1-28-13(8-24-16-15(28)18(31)27-21(22)26-16)7-23-12-4-2-10(3-5-12)17(30)25-14(20(34)35)6-11(9-29)19(32)33/h2-5,9,11,13-14,23H,6-8H2,1H3,(H,25,30)(H,32,33)(H,34,35)(H4,22,24,26,27,31)/t11?,13-,14?/m0/s1. The van der Waals surface area contributed by atoms with Crippen LogP contribution in [0.1, 0.15) is 16.8 Å². The summed E-state index contributed by atoms with van der Waals surface area (Å²) >= 11 is 0. The SMILES string of the molecule is CN1c2c(nc(N)[nH]c2=O)NC[C@@H]1CNc1ccc(C(=O)NC(CC(C=O)C(=O)O)C(=O)O)cc1. The Hall–Kier alpha value is -4.62. The molecule has 3 rings (SSSR count). The number of nitrogens with zero attached hydrogens (tertiary/aromatic N) is 2. The highest BCUT2D eigenvalue weighted by atomic mass is 16.4. The minimum atomic E-state index is -1.55. The average molecular weight is 487 g/mol. The minimum absolute atomic E-state index is 0.0236. The van der Waals surface area contributed by atoms with Crippen molar-refractivity contribution in [2.45, 2.75) is 18.5 Å². The molecule has 2 aromatic rings. The van der Waals surface area contributed by atoms with Gasteiger partial charge in [0.1, 0.15) is 23.9 Å². The smallest absolute Gasteiger partial charge is 0.326 e. The summed E-state index contributed by atoms with van der Waals surface area (Å²) in [5.74, 6) is -4.77. The number of carboxylic acids is 2. The van der Waals surface area contributed by atoms with E-state index in [1.807, 2.05) is 0 Å². The van der Waals surface area contributed by atoms with E-state index in [0.717, 1.165) is 0 Å². The van der Waals surface area contributed by atoms with E-state index >= 15 is 0 Å². The number of carbonyl (C=O) groups excluding carboxylic acids is 2. The molecule has 14 nitrogen and oxygen atoms in total. The number of likely N-dealkylation sites (N-methyl/N-ethyl adjacent to an activating group) is 1. The number of hydrogen-bond donors (Lipinski definition) is 7. The number of nitrogens with two attached hydrogens (primary N) is 1. The van der Waals surface area contributed by atoms with Crippen LogP contribution in [0.3, 0.4) is 0 Å². The summed E-state index contributed by atoms with van der Waals surface area (Å²) < 4.78 is 0. The van der Waals surface area contributed by atoms with Crippen LogP contribution in [-0.2, 0) is 14.4 Å². The molecule has 8 N–H and O–H groups in total. The molecule has 0 radical (unpaired) electrons. The van der Waals surface area contributed by atoms with Gasteiger partial charge in [-0.25, -0.2) is 4.79 Å². The third-order valence-electron chi connectivity index (χ3n) is 5.58. The van der Waals surface area contributed by atoms with Crippen molar-refractivity contribution in [1.29, 1.82) is 0 Å². The Morgan fingerprint density at radius 3 is 2.54 bits per heavy atom. The van der Waals surface area contributed by atoms with E-state index in [1.54, 1.807) is 24.1 Å². The molecule has 3 atom stereocenters. The number of H-pyrrole nitrogens is 1. The fourth-order valence-corrected chi connectivity index (χ4v) is 3.58. The van der Waals surface area contributed by atoms with Gasteiger partial charge >= 0.3 is 11.9 Å². The van der Waals surface area contributed by atoms with E-state index in [0.29, 0.717) is 30.3 Å². The van der Waals surface area contributed by atoms with E-state index in [2.05, 4.69) is 25.9 Å². The van der Waals surface area contributed by atoms with Gasteiger partial charge in [-0.2, -0.15) is 4.98 Å². The predicted octanol–water partition coefficient (Wildman–Crippen LogP) is -0.833. The number of amides is 1. The second-order valence-electron chi connectivity index (χ2n) is 7.93. The molecule has 2 unspecified atom stereocenters. The first-order valence-corrected chi connectivity index (χ1v) is 10.5. The fraction of sp³-hybridized carbons (Fsp3) is 0.333. The van der Waals surface area contributed by atoms with E-state index in [9.17, 15) is 29.1 Å². The van der Waals surface area contributed by atoms with Gasteiger partial charge in [0.25, 0.3) is 11.5 Å². The summed E-state index contributed by atoms with van der Waals surface area (Å²) in [7, 11) is 1.77. The number of benzene rings is 1. The lowest BCUT2D eigenvalue weighted by Crippen LogP contribution is -2.48. The maximum atomic E-state index is 12.4. The Balaban J connectivity index is 1.60. The molecule has 1 aromatic heterocycles. The average Bonchev–Trinajstić information content (AvgIpc) is 2.80. The van der Waals surface area contributed by atoms with Crippen molar-refractivity contribution in [2.75, 3.05) is 41.4 Å². The molecule has 0 saturated heterocycles. The molecule has 2 heterocycles. The van der Waals surface area contributed by atoms with E-state index in [4.69, 9.17) is 10.8 Å². The molecular formula is C21H25N7O7. The first kappa shape index (κ1) is 25.0. The van der Waals surface area contributed by atoms with Crippen molar-refractivity contribution < 1.29 is 29.4 Å². The molecule has 1 amide bonds. The number of hydrogen-bond acceptors (Lipinski definition) is 10. The number of rotatable bonds is 10. The van der Waals surface area contributed by atoms with Gasteiger partial charge in [-0.1, -0.05) is 0 Å². The quantitative estimate of drug-likeness (QED) is 0.161. The van der Waals surface area contributed by atoms with Gasteiger partial charge in [0.05, 0.1) is 6.04 Å². The number of nitrogens with one attached hydrogen (secondary N) is 4. The number of nitrogen functional groups attached to an aromatic ring is 1.